The first-order valence-corrected chi connectivity index (χ1v) is 12.5. The smallest absolute Gasteiger partial charge is 0.107 e. The predicted molar refractivity (Wildman–Crippen MR) is 175 cm³/mol. The van der Waals surface area contributed by atoms with Crippen LogP contribution in [0.15, 0.2) is 68.5 Å². The molecule has 0 saturated heterocycles. The van der Waals surface area contributed by atoms with Crippen molar-refractivity contribution in [3.05, 3.63) is 94.4 Å². The molecule has 2 aromatic heterocycles. The third-order valence-corrected chi connectivity index (χ3v) is 6.73. The summed E-state index contributed by atoms with van der Waals surface area (Å²) in [6.07, 6.45) is 6.15. The van der Waals surface area contributed by atoms with Gasteiger partial charge >= 0.3 is 0 Å². The van der Waals surface area contributed by atoms with Crippen LogP contribution in [0.25, 0.3) is 22.5 Å². The van der Waals surface area contributed by atoms with Gasteiger partial charge in [-0.25, -0.2) is 0 Å². The van der Waals surface area contributed by atoms with Crippen LogP contribution in [0, 0.1) is 12.4 Å². The molecular weight excluding hydrogens is 890 g/mol. The number of fused-ring (bicyclic) bond motifs is 6. The molecule has 0 unspecified atom stereocenters. The van der Waals surface area contributed by atoms with Crippen molar-refractivity contribution in [2.24, 2.45) is 20.0 Å². The quantitative estimate of drug-likeness (QED) is 0.197. The molecule has 2 aliphatic rings. The van der Waals surface area contributed by atoms with Gasteiger partial charge in [0.15, 0.2) is 0 Å². The van der Waals surface area contributed by atoms with Crippen LogP contribution >= 0.6 is 0 Å². The summed E-state index contributed by atoms with van der Waals surface area (Å²) >= 11 is 0. The van der Waals surface area contributed by atoms with E-state index in [1.165, 1.54) is 0 Å². The normalized spacial score (nSPS) is 13.7. The fourth-order valence-electron chi connectivity index (χ4n) is 4.81. The fraction of sp³-hybridized carbons (Fsp3) is 0.312. The van der Waals surface area contributed by atoms with Crippen molar-refractivity contribution in [3.8, 4) is 22.5 Å². The largest absolute Gasteiger partial charge is 0.429 e. The predicted octanol–water partition coefficient (Wildman–Crippen LogP) is 4.70. The van der Waals surface area contributed by atoms with E-state index in [0.717, 1.165) is 56.2 Å². The Morgan fingerprint density at radius 3 is 1.70 bits per heavy atom. The Kier molecular flexibility index (Phi) is 17.7. The minimum absolute atomic E-state index is 0. The van der Waals surface area contributed by atoms with Crippen molar-refractivity contribution < 1.29 is 40.8 Å². The number of hydrogen-bond donors (Lipinski definition) is 2. The van der Waals surface area contributed by atoms with E-state index in [2.05, 4.69) is 85.4 Å². The van der Waals surface area contributed by atoms with Gasteiger partial charge in [0.05, 0.1) is 5.54 Å². The molecule has 228 valence electrons. The van der Waals surface area contributed by atoms with E-state index in [1.54, 1.807) is 14.1 Å². The molecule has 4 aromatic rings. The minimum atomic E-state index is -0.367. The zero-order chi connectivity index (χ0) is 26.9. The first-order chi connectivity index (χ1) is 18.3. The van der Waals surface area contributed by atoms with Crippen LogP contribution in [0.1, 0.15) is 64.8 Å². The minimum Gasteiger partial charge on any atom is -0.429 e. The number of aliphatic imine (C=N–C) groups is 2. The van der Waals surface area contributed by atoms with Gasteiger partial charge < -0.3 is 29.9 Å². The van der Waals surface area contributed by atoms with E-state index < -0.39 is 0 Å². The number of H-pyrrole nitrogens is 2. The van der Waals surface area contributed by atoms with Crippen LogP contribution in [-0.4, -0.2) is 62.3 Å². The fourth-order valence-corrected chi connectivity index (χ4v) is 4.81. The number of rotatable bonds is 0. The van der Waals surface area contributed by atoms with Crippen molar-refractivity contribution in [3.63, 3.8) is 0 Å². The summed E-state index contributed by atoms with van der Waals surface area (Å²) in [4.78, 5) is 32.5. The average Bonchev–Trinajstić information content (AvgIpc) is 3.13. The Bertz CT molecular complexity index is 1740. The Morgan fingerprint density at radius 1 is 0.705 bits per heavy atom. The van der Waals surface area contributed by atoms with Gasteiger partial charge in [-0.05, 0) is 49.9 Å². The Balaban J connectivity index is 0. The van der Waals surface area contributed by atoms with Crippen molar-refractivity contribution >= 4 is 28.2 Å². The van der Waals surface area contributed by atoms with Crippen molar-refractivity contribution in [1.29, 1.82) is 0 Å². The number of hydrogen-bond acceptors (Lipinski definition) is 6. The average molecular weight is 929 g/mol. The molecule has 2 N–H and O–H groups in total. The zero-order valence-corrected chi connectivity index (χ0v) is 29.9. The molecule has 8 nitrogen and oxygen atoms in total. The number of nitrogens with zero attached hydrogens (tertiary/aromatic N) is 6. The molecule has 0 fully saturated rings. The van der Waals surface area contributed by atoms with Crippen molar-refractivity contribution in [1.82, 2.24) is 19.9 Å². The Morgan fingerprint density at radius 2 is 1.16 bits per heavy atom. The first-order valence-electron chi connectivity index (χ1n) is 12.5. The monoisotopic (exact) mass is 930 g/mol. The molecule has 0 saturated carbocycles. The molecular formula is C32H38B2N8Re2-2. The molecule has 2 aliphatic heterocycles. The van der Waals surface area contributed by atoms with Crippen LogP contribution in [0.3, 0.4) is 0 Å². The van der Waals surface area contributed by atoms with E-state index in [1.807, 2.05) is 38.1 Å². The molecule has 0 atom stereocenters. The molecule has 8 radical (unpaired) electrons. The van der Waals surface area contributed by atoms with Gasteiger partial charge in [-0.1, -0.05) is 98.3 Å². The molecule has 0 spiro atoms. The second-order valence-electron chi connectivity index (χ2n) is 9.64. The van der Waals surface area contributed by atoms with Crippen LogP contribution in [0.4, 0.5) is 0 Å². The molecule has 0 amide bonds. The van der Waals surface area contributed by atoms with Gasteiger partial charge in [0, 0.05) is 89.7 Å². The summed E-state index contributed by atoms with van der Waals surface area (Å²) in [6.45, 7) is 8.84. The summed E-state index contributed by atoms with van der Waals surface area (Å²) in [5, 5.41) is 0. The molecule has 0 aliphatic carbocycles. The third kappa shape index (κ3) is 8.58. The maximum Gasteiger partial charge on any atom is 0.107 e. The van der Waals surface area contributed by atoms with Crippen LogP contribution in [0.2, 0.25) is 0 Å². The van der Waals surface area contributed by atoms with Crippen molar-refractivity contribution in [2.75, 3.05) is 14.1 Å². The van der Waals surface area contributed by atoms with Gasteiger partial charge in [-0.15, -0.1) is 0 Å². The van der Waals surface area contributed by atoms with E-state index in [-0.39, 0.29) is 78.1 Å². The number of benzene rings is 2. The number of aromatic nitrogens is 4. The number of aromatic amines is 2. The van der Waals surface area contributed by atoms with E-state index >= 15 is 0 Å². The van der Waals surface area contributed by atoms with E-state index in [4.69, 9.17) is 4.99 Å². The topological polar surface area (TPSA) is 107 Å². The van der Waals surface area contributed by atoms with Gasteiger partial charge in [0.25, 0.3) is 0 Å². The molecule has 6 rings (SSSR count). The molecule has 4 heterocycles. The summed E-state index contributed by atoms with van der Waals surface area (Å²) in [5.74, 6) is 0. The summed E-state index contributed by atoms with van der Waals surface area (Å²) in [7, 11) is 3.43. The Hall–Kier alpha value is -3.01. The molecule has 2 aromatic carbocycles. The maximum absolute atomic E-state index is 4.84. The third-order valence-electron chi connectivity index (χ3n) is 6.73. The Labute approximate surface area is 293 Å². The van der Waals surface area contributed by atoms with E-state index in [9.17, 15) is 0 Å². The van der Waals surface area contributed by atoms with Crippen LogP contribution < -0.4 is 11.2 Å². The molecule has 0 bridgehead atoms. The van der Waals surface area contributed by atoms with Crippen LogP contribution in [0.5, 0.6) is 0 Å². The summed E-state index contributed by atoms with van der Waals surface area (Å²) in [5.41, 5.74) is 11.4. The SMILES string of the molecule is C.C.CN=c1n[c-]c2c([nH]1)-c1ccccc1C(C)=NC2.CN=c1n[c-]c2c([nH]1)-c1ccccc1C(C)=NC2(C)C.[B].[B].[Re].[Re]. The summed E-state index contributed by atoms with van der Waals surface area (Å²) in [6, 6.07) is 16.5. The first kappa shape index (κ1) is 43.1. The van der Waals surface area contributed by atoms with Gasteiger partial charge in [0.1, 0.15) is 11.2 Å². The van der Waals surface area contributed by atoms with E-state index in [0.29, 0.717) is 17.8 Å². The standard InChI is InChI=1S/C16H17N4.C14H13N4.2CH4.2B.2Re/c1-10-11-7-5-6-8-12(11)14-13(16(2,3)20-10)9-18-15(17-4)19-14;1-9-11-5-3-4-6-12(11)13-10(7-16-9)8-17-14(15-2)18-13;;;;;;/h5-8H,1-4H3,(H,17,18,19);3-6H,7H2,1-2H3,(H,15,17,18);2*1H4;;;;/q2*-1;;;;;;. The second kappa shape index (κ2) is 18.1. The van der Waals surface area contributed by atoms with Gasteiger partial charge in [-0.2, -0.15) is 0 Å². The number of nitrogens with one attached hydrogen (secondary N) is 2. The molecule has 12 heteroatoms. The second-order valence-corrected chi connectivity index (χ2v) is 9.64. The van der Waals surface area contributed by atoms with Crippen LogP contribution in [-0.2, 0) is 52.9 Å². The van der Waals surface area contributed by atoms with Gasteiger partial charge in [0.2, 0.25) is 0 Å². The van der Waals surface area contributed by atoms with Crippen molar-refractivity contribution in [2.45, 2.75) is 54.6 Å². The zero-order valence-electron chi connectivity index (χ0n) is 24.4. The summed E-state index contributed by atoms with van der Waals surface area (Å²) < 4.78 is 0. The van der Waals surface area contributed by atoms with Gasteiger partial charge in [-0.3, -0.25) is 9.98 Å². The maximum atomic E-state index is 4.84. The molecule has 44 heavy (non-hydrogen) atoms.